The standard InChI is InChI=1S/C11H17NO/c1-8-9(11(2,3)12)6-5-7-10(8)13-4/h5-7H,12H2,1-4H3. The summed E-state index contributed by atoms with van der Waals surface area (Å²) in [5.41, 5.74) is 7.97. The Morgan fingerprint density at radius 3 is 2.38 bits per heavy atom. The Kier molecular flexibility index (Phi) is 2.62. The molecule has 0 aliphatic rings. The van der Waals surface area contributed by atoms with Gasteiger partial charge in [0.05, 0.1) is 7.11 Å². The van der Waals surface area contributed by atoms with Gasteiger partial charge in [0.25, 0.3) is 0 Å². The summed E-state index contributed by atoms with van der Waals surface area (Å²) < 4.78 is 5.23. The van der Waals surface area contributed by atoms with E-state index in [1.54, 1.807) is 7.11 Å². The third-order valence-electron chi connectivity index (χ3n) is 2.20. The Balaban J connectivity index is 3.24. The van der Waals surface area contributed by atoms with Crippen molar-refractivity contribution in [3.05, 3.63) is 29.3 Å². The second-order valence-electron chi connectivity index (χ2n) is 3.85. The summed E-state index contributed by atoms with van der Waals surface area (Å²) in [5, 5.41) is 0. The molecule has 0 saturated carbocycles. The van der Waals surface area contributed by atoms with E-state index in [1.165, 1.54) is 0 Å². The van der Waals surface area contributed by atoms with Crippen LogP contribution in [0, 0.1) is 6.92 Å². The molecule has 0 atom stereocenters. The molecule has 0 heterocycles. The molecule has 13 heavy (non-hydrogen) atoms. The summed E-state index contributed by atoms with van der Waals surface area (Å²) in [5.74, 6) is 0.899. The van der Waals surface area contributed by atoms with Crippen LogP contribution in [0.4, 0.5) is 0 Å². The van der Waals surface area contributed by atoms with Gasteiger partial charge in [-0.3, -0.25) is 0 Å². The van der Waals surface area contributed by atoms with Crippen LogP contribution in [0.5, 0.6) is 5.75 Å². The molecule has 0 fully saturated rings. The normalized spacial score (nSPS) is 11.5. The van der Waals surface area contributed by atoms with Crippen molar-refractivity contribution in [2.24, 2.45) is 5.73 Å². The van der Waals surface area contributed by atoms with E-state index in [0.29, 0.717) is 0 Å². The fourth-order valence-electron chi connectivity index (χ4n) is 1.53. The maximum atomic E-state index is 6.03. The summed E-state index contributed by atoms with van der Waals surface area (Å²) in [7, 11) is 1.68. The van der Waals surface area contributed by atoms with E-state index in [4.69, 9.17) is 10.5 Å². The summed E-state index contributed by atoms with van der Waals surface area (Å²) >= 11 is 0. The molecule has 1 aromatic rings. The largest absolute Gasteiger partial charge is 0.496 e. The molecule has 0 amide bonds. The average Bonchev–Trinajstić information content (AvgIpc) is 2.02. The third-order valence-corrected chi connectivity index (χ3v) is 2.20. The highest BCUT2D eigenvalue weighted by Gasteiger charge is 2.17. The van der Waals surface area contributed by atoms with Crippen LogP contribution < -0.4 is 10.5 Å². The molecule has 72 valence electrons. The molecule has 0 bridgehead atoms. The van der Waals surface area contributed by atoms with Crippen molar-refractivity contribution < 1.29 is 4.74 Å². The van der Waals surface area contributed by atoms with Gasteiger partial charge in [-0.1, -0.05) is 12.1 Å². The molecule has 0 radical (unpaired) electrons. The molecule has 0 aliphatic carbocycles. The number of benzene rings is 1. The van der Waals surface area contributed by atoms with Gasteiger partial charge in [-0.2, -0.15) is 0 Å². The van der Waals surface area contributed by atoms with Crippen LogP contribution >= 0.6 is 0 Å². The van der Waals surface area contributed by atoms with E-state index in [0.717, 1.165) is 16.9 Å². The van der Waals surface area contributed by atoms with E-state index < -0.39 is 0 Å². The first kappa shape index (κ1) is 10.1. The van der Waals surface area contributed by atoms with Crippen molar-refractivity contribution in [3.8, 4) is 5.75 Å². The maximum absolute atomic E-state index is 6.03. The molecule has 0 aromatic heterocycles. The van der Waals surface area contributed by atoms with Gasteiger partial charge >= 0.3 is 0 Å². The molecule has 2 N–H and O–H groups in total. The van der Waals surface area contributed by atoms with Crippen LogP contribution in [0.3, 0.4) is 0 Å². The third kappa shape index (κ3) is 2.01. The van der Waals surface area contributed by atoms with Crippen LogP contribution in [0.15, 0.2) is 18.2 Å². The fraction of sp³-hybridized carbons (Fsp3) is 0.455. The second kappa shape index (κ2) is 3.38. The van der Waals surface area contributed by atoms with Crippen LogP contribution in [0.25, 0.3) is 0 Å². The minimum Gasteiger partial charge on any atom is -0.496 e. The van der Waals surface area contributed by atoms with Crippen molar-refractivity contribution in [1.29, 1.82) is 0 Å². The van der Waals surface area contributed by atoms with Gasteiger partial charge in [0.2, 0.25) is 0 Å². The van der Waals surface area contributed by atoms with Gasteiger partial charge in [0, 0.05) is 5.54 Å². The Hall–Kier alpha value is -1.02. The number of hydrogen-bond acceptors (Lipinski definition) is 2. The maximum Gasteiger partial charge on any atom is 0.122 e. The lowest BCUT2D eigenvalue weighted by Crippen LogP contribution is -2.29. The molecule has 0 spiro atoms. The lowest BCUT2D eigenvalue weighted by molar-refractivity contribution is 0.408. The van der Waals surface area contributed by atoms with E-state index in [1.807, 2.05) is 39.0 Å². The summed E-state index contributed by atoms with van der Waals surface area (Å²) in [4.78, 5) is 0. The highest BCUT2D eigenvalue weighted by Crippen LogP contribution is 2.27. The first-order chi connectivity index (χ1) is 5.96. The minimum absolute atomic E-state index is 0.307. The first-order valence-electron chi connectivity index (χ1n) is 4.40. The minimum atomic E-state index is -0.307. The van der Waals surface area contributed by atoms with E-state index >= 15 is 0 Å². The molecule has 2 nitrogen and oxygen atoms in total. The lowest BCUT2D eigenvalue weighted by atomic mass is 9.91. The van der Waals surface area contributed by atoms with Crippen molar-refractivity contribution >= 4 is 0 Å². The van der Waals surface area contributed by atoms with E-state index in [-0.39, 0.29) is 5.54 Å². The summed E-state index contributed by atoms with van der Waals surface area (Å²) in [6.45, 7) is 6.02. The number of ether oxygens (including phenoxy) is 1. The zero-order valence-corrected chi connectivity index (χ0v) is 8.72. The van der Waals surface area contributed by atoms with Crippen LogP contribution in [-0.2, 0) is 5.54 Å². The summed E-state index contributed by atoms with van der Waals surface area (Å²) in [6.07, 6.45) is 0. The van der Waals surface area contributed by atoms with Crippen LogP contribution in [-0.4, -0.2) is 7.11 Å². The zero-order chi connectivity index (χ0) is 10.1. The lowest BCUT2D eigenvalue weighted by Gasteiger charge is -2.22. The number of nitrogens with two attached hydrogens (primary N) is 1. The number of methoxy groups -OCH3 is 1. The zero-order valence-electron chi connectivity index (χ0n) is 8.72. The molecule has 1 aromatic carbocycles. The van der Waals surface area contributed by atoms with Crippen LogP contribution in [0.1, 0.15) is 25.0 Å². The Bertz CT molecular complexity index is 299. The smallest absolute Gasteiger partial charge is 0.122 e. The van der Waals surface area contributed by atoms with E-state index in [2.05, 4.69) is 0 Å². The molecule has 2 heteroatoms. The Labute approximate surface area is 79.7 Å². The second-order valence-corrected chi connectivity index (χ2v) is 3.85. The van der Waals surface area contributed by atoms with Crippen molar-refractivity contribution in [1.82, 2.24) is 0 Å². The van der Waals surface area contributed by atoms with Crippen molar-refractivity contribution in [3.63, 3.8) is 0 Å². The monoisotopic (exact) mass is 179 g/mol. The Morgan fingerprint density at radius 2 is 1.92 bits per heavy atom. The first-order valence-corrected chi connectivity index (χ1v) is 4.40. The van der Waals surface area contributed by atoms with Crippen molar-refractivity contribution in [2.75, 3.05) is 7.11 Å². The van der Waals surface area contributed by atoms with Gasteiger partial charge in [0.15, 0.2) is 0 Å². The summed E-state index contributed by atoms with van der Waals surface area (Å²) in [6, 6.07) is 5.96. The highest BCUT2D eigenvalue weighted by atomic mass is 16.5. The fourth-order valence-corrected chi connectivity index (χ4v) is 1.53. The molecule has 0 saturated heterocycles. The van der Waals surface area contributed by atoms with Gasteiger partial charge in [-0.15, -0.1) is 0 Å². The topological polar surface area (TPSA) is 35.2 Å². The quantitative estimate of drug-likeness (QED) is 0.755. The predicted molar refractivity (Wildman–Crippen MR) is 54.9 cm³/mol. The van der Waals surface area contributed by atoms with Gasteiger partial charge in [-0.05, 0) is 38.0 Å². The van der Waals surface area contributed by atoms with E-state index in [9.17, 15) is 0 Å². The van der Waals surface area contributed by atoms with Gasteiger partial charge < -0.3 is 10.5 Å². The number of hydrogen-bond donors (Lipinski definition) is 1. The number of rotatable bonds is 2. The Morgan fingerprint density at radius 1 is 1.31 bits per heavy atom. The molecule has 0 unspecified atom stereocenters. The predicted octanol–water partition coefficient (Wildman–Crippen LogP) is 2.20. The molecular weight excluding hydrogens is 162 g/mol. The van der Waals surface area contributed by atoms with Gasteiger partial charge in [0.1, 0.15) is 5.75 Å². The molecular formula is C11H17NO. The highest BCUT2D eigenvalue weighted by molar-refractivity contribution is 5.42. The van der Waals surface area contributed by atoms with Crippen LogP contribution in [0.2, 0.25) is 0 Å². The molecule has 0 aliphatic heterocycles. The molecule has 1 rings (SSSR count). The average molecular weight is 179 g/mol. The van der Waals surface area contributed by atoms with Gasteiger partial charge in [-0.25, -0.2) is 0 Å². The SMILES string of the molecule is COc1cccc(C(C)(C)N)c1C. The van der Waals surface area contributed by atoms with Crippen molar-refractivity contribution in [2.45, 2.75) is 26.3 Å².